The van der Waals surface area contributed by atoms with E-state index in [1.807, 2.05) is 12.1 Å². The van der Waals surface area contributed by atoms with E-state index in [-0.39, 0.29) is 5.78 Å². The Hall–Kier alpha value is -1.02. The summed E-state index contributed by atoms with van der Waals surface area (Å²) in [5.74, 6) is 0.0603. The van der Waals surface area contributed by atoms with Crippen LogP contribution in [-0.4, -0.2) is 18.4 Å². The van der Waals surface area contributed by atoms with Crippen molar-refractivity contribution in [3.63, 3.8) is 0 Å². The van der Waals surface area contributed by atoms with Crippen LogP contribution in [0.4, 0.5) is 5.69 Å². The first-order valence-electron chi connectivity index (χ1n) is 6.16. The number of ketones is 1. The number of benzene rings is 1. The van der Waals surface area contributed by atoms with E-state index in [1.165, 1.54) is 19.3 Å². The number of rotatable bonds is 2. The Labute approximate surface area is 108 Å². The normalized spacial score (nSPS) is 20.4. The van der Waals surface area contributed by atoms with Crippen LogP contribution in [0.15, 0.2) is 18.2 Å². The maximum Gasteiger partial charge on any atom is 0.159 e. The summed E-state index contributed by atoms with van der Waals surface area (Å²) in [4.78, 5) is 13.6. The van der Waals surface area contributed by atoms with Gasteiger partial charge in [-0.1, -0.05) is 11.6 Å². The fraction of sp³-hybridized carbons (Fsp3) is 0.500. The zero-order valence-corrected chi connectivity index (χ0v) is 11.1. The van der Waals surface area contributed by atoms with E-state index < -0.39 is 0 Å². The number of carbonyl (C=O) groups excluding carboxylic acids is 1. The van der Waals surface area contributed by atoms with Crippen molar-refractivity contribution in [2.75, 3.05) is 11.4 Å². The zero-order chi connectivity index (χ0) is 12.4. The number of halogens is 1. The molecule has 2 rings (SSSR count). The molecule has 2 nitrogen and oxygen atoms in total. The molecule has 1 heterocycles. The summed E-state index contributed by atoms with van der Waals surface area (Å²) in [5, 5.41) is 0.687. The number of hydrogen-bond donors (Lipinski definition) is 0. The van der Waals surface area contributed by atoms with Gasteiger partial charge < -0.3 is 4.90 Å². The predicted octanol–water partition coefficient (Wildman–Crippen LogP) is 3.92. The van der Waals surface area contributed by atoms with Gasteiger partial charge in [-0.15, -0.1) is 0 Å². The summed E-state index contributed by atoms with van der Waals surface area (Å²) in [6, 6.07) is 6.15. The van der Waals surface area contributed by atoms with E-state index in [9.17, 15) is 4.79 Å². The smallest absolute Gasteiger partial charge is 0.159 e. The van der Waals surface area contributed by atoms with Crippen molar-refractivity contribution >= 4 is 23.1 Å². The van der Waals surface area contributed by atoms with Crippen LogP contribution >= 0.6 is 11.6 Å². The van der Waals surface area contributed by atoms with Gasteiger partial charge in [0.25, 0.3) is 0 Å². The first-order valence-corrected chi connectivity index (χ1v) is 6.54. The molecule has 1 aromatic carbocycles. The molecule has 0 aromatic heterocycles. The molecule has 1 atom stereocenters. The van der Waals surface area contributed by atoms with Crippen LogP contribution in [0.3, 0.4) is 0 Å². The van der Waals surface area contributed by atoms with E-state index in [0.29, 0.717) is 16.6 Å². The van der Waals surface area contributed by atoms with Gasteiger partial charge in [0.1, 0.15) is 0 Å². The van der Waals surface area contributed by atoms with Gasteiger partial charge in [-0.3, -0.25) is 4.79 Å². The van der Waals surface area contributed by atoms with Crippen molar-refractivity contribution in [3.05, 3.63) is 28.8 Å². The highest BCUT2D eigenvalue weighted by Crippen LogP contribution is 2.31. The lowest BCUT2D eigenvalue weighted by Gasteiger charge is -2.36. The summed E-state index contributed by atoms with van der Waals surface area (Å²) in [5.41, 5.74) is 1.74. The fourth-order valence-electron chi connectivity index (χ4n) is 2.41. The summed E-state index contributed by atoms with van der Waals surface area (Å²) < 4.78 is 0. The Balaban J connectivity index is 2.29. The highest BCUT2D eigenvalue weighted by atomic mass is 35.5. The molecular weight excluding hydrogens is 234 g/mol. The van der Waals surface area contributed by atoms with Crippen molar-refractivity contribution in [1.82, 2.24) is 0 Å². The first kappa shape index (κ1) is 12.4. The molecule has 0 spiro atoms. The minimum atomic E-state index is 0.0603. The minimum Gasteiger partial charge on any atom is -0.368 e. The standard InChI is InChI=1S/C14H18ClNO/c1-10-5-3-4-8-16(10)14-7-6-12(11(2)17)9-13(14)15/h6-7,9-10H,3-5,8H2,1-2H3. The number of nitrogens with zero attached hydrogens (tertiary/aromatic N) is 1. The lowest BCUT2D eigenvalue weighted by molar-refractivity contribution is 0.101. The second kappa shape index (κ2) is 5.09. The average molecular weight is 252 g/mol. The third kappa shape index (κ3) is 2.63. The highest BCUT2D eigenvalue weighted by Gasteiger charge is 2.20. The maximum absolute atomic E-state index is 11.3. The molecule has 0 saturated carbocycles. The molecule has 1 saturated heterocycles. The van der Waals surface area contributed by atoms with Crippen LogP contribution in [-0.2, 0) is 0 Å². The molecule has 1 aromatic rings. The summed E-state index contributed by atoms with van der Waals surface area (Å²) in [6.45, 7) is 4.85. The van der Waals surface area contributed by atoms with Gasteiger partial charge in [0.05, 0.1) is 10.7 Å². The first-order chi connectivity index (χ1) is 8.09. The van der Waals surface area contributed by atoms with Crippen LogP contribution in [0, 0.1) is 0 Å². The largest absolute Gasteiger partial charge is 0.368 e. The van der Waals surface area contributed by atoms with Crippen LogP contribution in [0.25, 0.3) is 0 Å². The molecule has 0 bridgehead atoms. The SMILES string of the molecule is CC(=O)c1ccc(N2CCCCC2C)c(Cl)c1. The van der Waals surface area contributed by atoms with Gasteiger partial charge in [-0.25, -0.2) is 0 Å². The van der Waals surface area contributed by atoms with Crippen molar-refractivity contribution in [3.8, 4) is 0 Å². The van der Waals surface area contributed by atoms with Gasteiger partial charge >= 0.3 is 0 Å². The topological polar surface area (TPSA) is 20.3 Å². The molecule has 0 radical (unpaired) electrons. The molecule has 0 amide bonds. The quantitative estimate of drug-likeness (QED) is 0.743. The monoisotopic (exact) mass is 251 g/mol. The number of piperidine rings is 1. The zero-order valence-electron chi connectivity index (χ0n) is 10.4. The third-order valence-corrected chi connectivity index (χ3v) is 3.77. The number of carbonyl (C=O) groups is 1. The molecule has 17 heavy (non-hydrogen) atoms. The van der Waals surface area contributed by atoms with E-state index in [1.54, 1.807) is 13.0 Å². The Morgan fingerprint density at radius 3 is 2.76 bits per heavy atom. The van der Waals surface area contributed by atoms with Crippen LogP contribution in [0.1, 0.15) is 43.5 Å². The Morgan fingerprint density at radius 2 is 2.18 bits per heavy atom. The van der Waals surface area contributed by atoms with E-state index in [2.05, 4.69) is 11.8 Å². The van der Waals surface area contributed by atoms with Gasteiger partial charge in [0.15, 0.2) is 5.78 Å². The number of Topliss-reactive ketones (excluding diaryl/α,β-unsaturated/α-hetero) is 1. The van der Waals surface area contributed by atoms with Crippen LogP contribution < -0.4 is 4.90 Å². The molecule has 1 aliphatic heterocycles. The van der Waals surface area contributed by atoms with Crippen LogP contribution in [0.5, 0.6) is 0 Å². The number of hydrogen-bond acceptors (Lipinski definition) is 2. The lowest BCUT2D eigenvalue weighted by Crippen LogP contribution is -2.37. The molecule has 0 N–H and O–H groups in total. The minimum absolute atomic E-state index is 0.0603. The summed E-state index contributed by atoms with van der Waals surface area (Å²) in [7, 11) is 0. The van der Waals surface area contributed by atoms with Crippen molar-refractivity contribution in [1.29, 1.82) is 0 Å². The maximum atomic E-state index is 11.3. The molecule has 3 heteroatoms. The summed E-state index contributed by atoms with van der Waals surface area (Å²) >= 11 is 6.28. The van der Waals surface area contributed by atoms with Crippen molar-refractivity contribution in [2.24, 2.45) is 0 Å². The van der Waals surface area contributed by atoms with Crippen molar-refractivity contribution in [2.45, 2.75) is 39.2 Å². The molecule has 1 aliphatic rings. The van der Waals surface area contributed by atoms with E-state index in [0.717, 1.165) is 12.2 Å². The van der Waals surface area contributed by atoms with Gasteiger partial charge in [0, 0.05) is 18.2 Å². The Kier molecular flexibility index (Phi) is 3.72. The molecule has 0 aliphatic carbocycles. The molecular formula is C14H18ClNO. The highest BCUT2D eigenvalue weighted by molar-refractivity contribution is 6.33. The Morgan fingerprint density at radius 1 is 1.41 bits per heavy atom. The fourth-order valence-corrected chi connectivity index (χ4v) is 2.70. The third-order valence-electron chi connectivity index (χ3n) is 3.47. The van der Waals surface area contributed by atoms with E-state index >= 15 is 0 Å². The van der Waals surface area contributed by atoms with E-state index in [4.69, 9.17) is 11.6 Å². The van der Waals surface area contributed by atoms with Gasteiger partial charge in [0.2, 0.25) is 0 Å². The second-order valence-electron chi connectivity index (χ2n) is 4.76. The summed E-state index contributed by atoms with van der Waals surface area (Å²) in [6.07, 6.45) is 3.72. The van der Waals surface area contributed by atoms with Gasteiger partial charge in [-0.05, 0) is 51.3 Å². The lowest BCUT2D eigenvalue weighted by atomic mass is 10.0. The molecule has 1 unspecified atom stereocenters. The molecule has 1 fully saturated rings. The average Bonchev–Trinajstić information content (AvgIpc) is 2.30. The number of anilines is 1. The second-order valence-corrected chi connectivity index (χ2v) is 5.17. The van der Waals surface area contributed by atoms with Gasteiger partial charge in [-0.2, -0.15) is 0 Å². The van der Waals surface area contributed by atoms with Crippen LogP contribution in [0.2, 0.25) is 5.02 Å². The molecule has 92 valence electrons. The van der Waals surface area contributed by atoms with Crippen molar-refractivity contribution < 1.29 is 4.79 Å². The predicted molar refractivity (Wildman–Crippen MR) is 72.1 cm³/mol. The Bertz CT molecular complexity index is 430.